The number of carboxylic acid groups (broad SMARTS) is 1. The SMILES string of the molecule is CC(C)=CCCc1c(-c2ccc(OCc3ccccc3)cc2)[nH]c2c(C(=O)O)cnn2c1=O. The van der Waals surface area contributed by atoms with Crippen molar-refractivity contribution < 1.29 is 14.6 Å². The van der Waals surface area contributed by atoms with Gasteiger partial charge >= 0.3 is 5.97 Å². The van der Waals surface area contributed by atoms with E-state index in [1.54, 1.807) is 0 Å². The molecule has 0 radical (unpaired) electrons. The first-order chi connectivity index (χ1) is 15.9. The zero-order valence-electron chi connectivity index (χ0n) is 18.5. The number of rotatable bonds is 8. The van der Waals surface area contributed by atoms with Crippen LogP contribution in [0.3, 0.4) is 0 Å². The number of aromatic carboxylic acids is 1. The lowest BCUT2D eigenvalue weighted by atomic mass is 10.0. The van der Waals surface area contributed by atoms with Gasteiger partial charge in [0.25, 0.3) is 5.56 Å². The standard InChI is InChI=1S/C26H25N3O4/c1-17(2)7-6-10-21-23(28-24-22(26(31)32)15-27-29(24)25(21)30)19-11-13-20(14-12-19)33-16-18-8-4-3-5-9-18/h3-5,7-9,11-15,28H,6,10,16H2,1-2H3,(H,31,32). The maximum atomic E-state index is 13.2. The Kier molecular flexibility index (Phi) is 6.40. The van der Waals surface area contributed by atoms with E-state index in [1.165, 1.54) is 11.8 Å². The summed E-state index contributed by atoms with van der Waals surface area (Å²) in [4.78, 5) is 28.0. The van der Waals surface area contributed by atoms with E-state index in [4.69, 9.17) is 4.74 Å². The average molecular weight is 444 g/mol. The van der Waals surface area contributed by atoms with Gasteiger partial charge in [0, 0.05) is 5.56 Å². The van der Waals surface area contributed by atoms with Gasteiger partial charge in [0.1, 0.15) is 17.9 Å². The highest BCUT2D eigenvalue weighted by atomic mass is 16.5. The number of hydrogen-bond acceptors (Lipinski definition) is 4. The molecule has 7 heteroatoms. The highest BCUT2D eigenvalue weighted by Crippen LogP contribution is 2.25. The van der Waals surface area contributed by atoms with Crippen molar-refractivity contribution in [2.24, 2.45) is 0 Å². The van der Waals surface area contributed by atoms with Crippen molar-refractivity contribution >= 4 is 11.6 Å². The van der Waals surface area contributed by atoms with E-state index in [9.17, 15) is 14.7 Å². The molecular formula is C26H25N3O4. The van der Waals surface area contributed by atoms with Gasteiger partial charge in [-0.05, 0) is 62.1 Å². The molecule has 2 aromatic heterocycles. The van der Waals surface area contributed by atoms with Crippen LogP contribution in [0.2, 0.25) is 0 Å². The van der Waals surface area contributed by atoms with Crippen LogP contribution in [0.1, 0.15) is 41.8 Å². The Morgan fingerprint density at radius 3 is 2.52 bits per heavy atom. The fourth-order valence-electron chi connectivity index (χ4n) is 3.65. The smallest absolute Gasteiger partial charge is 0.341 e. The maximum Gasteiger partial charge on any atom is 0.341 e. The van der Waals surface area contributed by atoms with Crippen LogP contribution in [0.4, 0.5) is 0 Å². The molecule has 2 aromatic carbocycles. The van der Waals surface area contributed by atoms with E-state index in [2.05, 4.69) is 16.2 Å². The molecule has 2 heterocycles. The molecule has 0 fully saturated rings. The lowest BCUT2D eigenvalue weighted by Gasteiger charge is -2.12. The molecular weight excluding hydrogens is 418 g/mol. The second kappa shape index (κ2) is 9.56. The third-order valence-electron chi connectivity index (χ3n) is 5.33. The van der Waals surface area contributed by atoms with Crippen LogP contribution in [-0.4, -0.2) is 25.7 Å². The van der Waals surface area contributed by atoms with Gasteiger partial charge in [-0.25, -0.2) is 4.79 Å². The Hall–Kier alpha value is -4.13. The minimum absolute atomic E-state index is 0.0491. The second-order valence-corrected chi connectivity index (χ2v) is 8.03. The molecule has 0 saturated heterocycles. The van der Waals surface area contributed by atoms with E-state index >= 15 is 0 Å². The third kappa shape index (κ3) is 4.87. The largest absolute Gasteiger partial charge is 0.489 e. The number of H-pyrrole nitrogens is 1. The molecule has 0 amide bonds. The number of fused-ring (bicyclic) bond motifs is 1. The van der Waals surface area contributed by atoms with Gasteiger partial charge in [-0.15, -0.1) is 0 Å². The molecule has 0 aliphatic carbocycles. The van der Waals surface area contributed by atoms with Gasteiger partial charge in [-0.1, -0.05) is 42.0 Å². The second-order valence-electron chi connectivity index (χ2n) is 8.03. The summed E-state index contributed by atoms with van der Waals surface area (Å²) < 4.78 is 6.99. The molecule has 0 aliphatic rings. The normalized spacial score (nSPS) is 10.8. The lowest BCUT2D eigenvalue weighted by Crippen LogP contribution is -2.22. The molecule has 33 heavy (non-hydrogen) atoms. The number of ether oxygens (including phenoxy) is 1. The highest BCUT2D eigenvalue weighted by molar-refractivity contribution is 5.94. The van der Waals surface area contributed by atoms with Crippen LogP contribution in [0, 0.1) is 0 Å². The van der Waals surface area contributed by atoms with Crippen molar-refractivity contribution in [1.29, 1.82) is 0 Å². The van der Waals surface area contributed by atoms with E-state index in [0.29, 0.717) is 36.5 Å². The zero-order chi connectivity index (χ0) is 23.4. The molecule has 0 aliphatic heterocycles. The summed E-state index contributed by atoms with van der Waals surface area (Å²) in [6.45, 7) is 4.47. The molecule has 7 nitrogen and oxygen atoms in total. The number of carbonyl (C=O) groups is 1. The van der Waals surface area contributed by atoms with Crippen LogP contribution in [0.15, 0.2) is 77.2 Å². The van der Waals surface area contributed by atoms with Crippen LogP contribution >= 0.6 is 0 Å². The lowest BCUT2D eigenvalue weighted by molar-refractivity contribution is 0.0698. The molecule has 0 unspecified atom stereocenters. The van der Waals surface area contributed by atoms with Crippen molar-refractivity contribution in [2.75, 3.05) is 0 Å². The minimum Gasteiger partial charge on any atom is -0.489 e. The van der Waals surface area contributed by atoms with Gasteiger partial charge in [0.2, 0.25) is 0 Å². The number of nitrogens with zero attached hydrogens (tertiary/aromatic N) is 2. The molecule has 0 saturated carbocycles. The van der Waals surface area contributed by atoms with Crippen molar-refractivity contribution in [3.8, 4) is 17.0 Å². The summed E-state index contributed by atoms with van der Waals surface area (Å²) in [5.41, 5.74) is 3.94. The Bertz CT molecular complexity index is 1360. The van der Waals surface area contributed by atoms with Crippen molar-refractivity contribution in [2.45, 2.75) is 33.3 Å². The van der Waals surface area contributed by atoms with Gasteiger partial charge in [0.05, 0.1) is 11.9 Å². The molecule has 4 aromatic rings. The Labute approximate surface area is 191 Å². The number of aromatic amines is 1. The van der Waals surface area contributed by atoms with Crippen LogP contribution in [0.25, 0.3) is 16.9 Å². The number of nitrogens with one attached hydrogen (secondary N) is 1. The molecule has 0 spiro atoms. The number of carboxylic acids is 1. The Balaban J connectivity index is 1.71. The number of aromatic nitrogens is 3. The first-order valence-electron chi connectivity index (χ1n) is 10.7. The fraction of sp³-hybridized carbons (Fsp3) is 0.192. The summed E-state index contributed by atoms with van der Waals surface area (Å²) in [5.74, 6) is -0.443. The predicted molar refractivity (Wildman–Crippen MR) is 127 cm³/mol. The summed E-state index contributed by atoms with van der Waals surface area (Å²) in [7, 11) is 0. The zero-order valence-corrected chi connectivity index (χ0v) is 18.5. The highest BCUT2D eigenvalue weighted by Gasteiger charge is 2.19. The van der Waals surface area contributed by atoms with E-state index in [-0.39, 0.29) is 16.8 Å². The van der Waals surface area contributed by atoms with Crippen molar-refractivity contribution in [3.05, 3.63) is 99.5 Å². The molecule has 0 atom stereocenters. The van der Waals surface area contributed by atoms with Crippen LogP contribution in [-0.2, 0) is 13.0 Å². The van der Waals surface area contributed by atoms with Crippen LogP contribution in [0.5, 0.6) is 5.75 Å². The minimum atomic E-state index is -1.14. The van der Waals surface area contributed by atoms with Gasteiger partial charge < -0.3 is 14.8 Å². The average Bonchev–Trinajstić information content (AvgIpc) is 3.24. The molecule has 168 valence electrons. The number of benzene rings is 2. The van der Waals surface area contributed by atoms with Crippen molar-refractivity contribution in [1.82, 2.24) is 14.6 Å². The Morgan fingerprint density at radius 2 is 1.85 bits per heavy atom. The summed E-state index contributed by atoms with van der Waals surface area (Å²) in [5, 5.41) is 13.5. The first kappa shape index (κ1) is 22.1. The monoisotopic (exact) mass is 443 g/mol. The predicted octanol–water partition coefficient (Wildman–Crippen LogP) is 4.87. The van der Waals surface area contributed by atoms with E-state index in [0.717, 1.165) is 15.6 Å². The van der Waals surface area contributed by atoms with Gasteiger partial charge in [-0.3, -0.25) is 4.79 Å². The first-order valence-corrected chi connectivity index (χ1v) is 10.7. The fourth-order valence-corrected chi connectivity index (χ4v) is 3.65. The van der Waals surface area contributed by atoms with Gasteiger partial charge in [0.15, 0.2) is 5.65 Å². The molecule has 4 rings (SSSR count). The maximum absolute atomic E-state index is 13.2. The summed E-state index contributed by atoms with van der Waals surface area (Å²) in [6, 6.07) is 17.3. The van der Waals surface area contributed by atoms with Gasteiger partial charge in [-0.2, -0.15) is 9.61 Å². The van der Waals surface area contributed by atoms with E-state index in [1.807, 2.05) is 68.4 Å². The van der Waals surface area contributed by atoms with Crippen molar-refractivity contribution in [3.63, 3.8) is 0 Å². The number of allylic oxidation sites excluding steroid dienone is 2. The molecule has 2 N–H and O–H groups in total. The Morgan fingerprint density at radius 1 is 1.12 bits per heavy atom. The van der Waals surface area contributed by atoms with Crippen LogP contribution < -0.4 is 10.3 Å². The topological polar surface area (TPSA) is 96.7 Å². The summed E-state index contributed by atoms with van der Waals surface area (Å²) in [6.07, 6.45) is 4.45. The quantitative estimate of drug-likeness (QED) is 0.379. The number of hydrogen-bond donors (Lipinski definition) is 2. The molecule has 0 bridgehead atoms. The third-order valence-corrected chi connectivity index (χ3v) is 5.33. The summed E-state index contributed by atoms with van der Waals surface area (Å²) >= 11 is 0. The van der Waals surface area contributed by atoms with E-state index < -0.39 is 5.97 Å².